The Bertz CT molecular complexity index is 1360. The molecule has 3 saturated carbocycles. The summed E-state index contributed by atoms with van der Waals surface area (Å²) in [6, 6.07) is 6.66. The van der Waals surface area contributed by atoms with E-state index in [0.717, 1.165) is 48.0 Å². The molecule has 1 aromatic rings. The number of benzene rings is 1. The fraction of sp³-hybridized carbons (Fsp3) is 0.575. The molecule has 3 aliphatic rings. The molecular weight excluding hydrogens is 576 g/mol. The van der Waals surface area contributed by atoms with E-state index in [-0.39, 0.29) is 42.3 Å². The van der Waals surface area contributed by atoms with Gasteiger partial charge >= 0.3 is 0 Å². The standard InChI is InChI=1S/C40H56O6/c1-26(2)10-6-11-27(3)12-7-14-33-35(43)16-8-13-30-25-40(38(45)37(30)33)34(15-9-23-41)32(21-22-39(40,5)46)28(4)36(44)24-29-17-19-31(42)20-18-29/h7,10,12,14,17-20,30,34-35,37-38,41-43,45-46H,3,6,8-9,11,13,15-16,21-25H2,1-2,4-5H3. The van der Waals surface area contributed by atoms with E-state index in [1.54, 1.807) is 24.3 Å². The predicted molar refractivity (Wildman–Crippen MR) is 184 cm³/mol. The molecule has 0 bridgehead atoms. The highest BCUT2D eigenvalue weighted by atomic mass is 16.3. The molecule has 46 heavy (non-hydrogen) atoms. The van der Waals surface area contributed by atoms with Crippen molar-refractivity contribution in [2.45, 2.75) is 116 Å². The summed E-state index contributed by atoms with van der Waals surface area (Å²) in [6.45, 7) is 12.0. The van der Waals surface area contributed by atoms with Gasteiger partial charge in [0.2, 0.25) is 0 Å². The summed E-state index contributed by atoms with van der Waals surface area (Å²) in [7, 11) is 0. The lowest BCUT2D eigenvalue weighted by Gasteiger charge is -2.56. The second kappa shape index (κ2) is 15.4. The highest BCUT2D eigenvalue weighted by molar-refractivity contribution is 5.97. The molecule has 252 valence electrons. The van der Waals surface area contributed by atoms with Crippen LogP contribution < -0.4 is 0 Å². The van der Waals surface area contributed by atoms with E-state index in [9.17, 15) is 30.3 Å². The number of aliphatic hydroxyl groups is 4. The molecular formula is C40H56O6. The minimum Gasteiger partial charge on any atom is -0.508 e. The summed E-state index contributed by atoms with van der Waals surface area (Å²) in [5.74, 6) is -0.408. The maximum absolute atomic E-state index is 13.7. The number of fused-ring (bicyclic) bond motifs is 1. The summed E-state index contributed by atoms with van der Waals surface area (Å²) < 4.78 is 0. The Balaban J connectivity index is 1.72. The van der Waals surface area contributed by atoms with E-state index >= 15 is 0 Å². The number of rotatable bonds is 11. The molecule has 6 nitrogen and oxygen atoms in total. The van der Waals surface area contributed by atoms with Gasteiger partial charge in [-0.25, -0.2) is 0 Å². The molecule has 0 aromatic heterocycles. The first-order chi connectivity index (χ1) is 21.8. The molecule has 3 fully saturated rings. The van der Waals surface area contributed by atoms with E-state index in [2.05, 4.69) is 26.5 Å². The quantitative estimate of drug-likeness (QED) is 0.101. The van der Waals surface area contributed by atoms with Crippen LogP contribution in [0.5, 0.6) is 5.75 Å². The minimum absolute atomic E-state index is 0.0148. The fourth-order valence-electron chi connectivity index (χ4n) is 8.75. The summed E-state index contributed by atoms with van der Waals surface area (Å²) >= 11 is 0. The molecule has 0 aliphatic heterocycles. The molecule has 0 heterocycles. The lowest BCUT2D eigenvalue weighted by atomic mass is 9.52. The van der Waals surface area contributed by atoms with Crippen molar-refractivity contribution >= 4 is 5.78 Å². The van der Waals surface area contributed by atoms with Gasteiger partial charge in [0.15, 0.2) is 5.78 Å². The molecule has 0 radical (unpaired) electrons. The Hall–Kier alpha value is -2.77. The molecule has 0 amide bonds. The zero-order valence-electron chi connectivity index (χ0n) is 28.3. The van der Waals surface area contributed by atoms with Crippen LogP contribution in [0.1, 0.15) is 97.5 Å². The summed E-state index contributed by atoms with van der Waals surface area (Å²) in [6.07, 6.45) is 13.4. The minimum atomic E-state index is -1.20. The molecule has 4 rings (SSSR count). The third kappa shape index (κ3) is 7.68. The van der Waals surface area contributed by atoms with Gasteiger partial charge in [0.05, 0.1) is 17.8 Å². The zero-order valence-corrected chi connectivity index (χ0v) is 28.3. The second-order valence-corrected chi connectivity index (χ2v) is 14.5. The van der Waals surface area contributed by atoms with Crippen molar-refractivity contribution < 1.29 is 30.3 Å². The number of carbonyl (C=O) groups is 1. The summed E-state index contributed by atoms with van der Waals surface area (Å²) in [4.78, 5) is 13.7. The Kier molecular flexibility index (Phi) is 12.1. The first-order valence-electron chi connectivity index (χ1n) is 17.2. The van der Waals surface area contributed by atoms with Crippen molar-refractivity contribution in [1.29, 1.82) is 0 Å². The van der Waals surface area contributed by atoms with E-state index in [1.807, 2.05) is 32.1 Å². The number of phenolic OH excluding ortho intramolecular Hbond substituents is 1. The van der Waals surface area contributed by atoms with E-state index in [4.69, 9.17) is 0 Å². The van der Waals surface area contributed by atoms with Crippen molar-refractivity contribution in [3.63, 3.8) is 0 Å². The van der Waals surface area contributed by atoms with Crippen LogP contribution in [0.2, 0.25) is 0 Å². The Morgan fingerprint density at radius 1 is 1.11 bits per heavy atom. The monoisotopic (exact) mass is 632 g/mol. The highest BCUT2D eigenvalue weighted by Gasteiger charge is 2.67. The summed E-state index contributed by atoms with van der Waals surface area (Å²) in [5, 5.41) is 55.8. The number of phenols is 1. The van der Waals surface area contributed by atoms with Crippen molar-refractivity contribution in [1.82, 2.24) is 0 Å². The van der Waals surface area contributed by atoms with Gasteiger partial charge in [-0.15, -0.1) is 0 Å². The third-order valence-electron chi connectivity index (χ3n) is 11.2. The van der Waals surface area contributed by atoms with Gasteiger partial charge in [-0.3, -0.25) is 4.79 Å². The topological polar surface area (TPSA) is 118 Å². The van der Waals surface area contributed by atoms with Crippen LogP contribution in [0.15, 0.2) is 83.0 Å². The number of aliphatic hydroxyl groups excluding tert-OH is 3. The number of ketones is 1. The highest BCUT2D eigenvalue weighted by Crippen LogP contribution is 2.66. The van der Waals surface area contributed by atoms with Crippen LogP contribution in [0.25, 0.3) is 0 Å². The fourth-order valence-corrected chi connectivity index (χ4v) is 8.75. The summed E-state index contributed by atoms with van der Waals surface area (Å²) in [5.41, 5.74) is 3.40. The van der Waals surface area contributed by atoms with Gasteiger partial charge in [-0.1, -0.05) is 66.2 Å². The largest absolute Gasteiger partial charge is 0.508 e. The number of carbonyl (C=O) groups excluding carboxylic acids is 1. The number of hydrogen-bond donors (Lipinski definition) is 5. The van der Waals surface area contributed by atoms with E-state index in [0.29, 0.717) is 44.1 Å². The van der Waals surface area contributed by atoms with Crippen LogP contribution in [0.3, 0.4) is 0 Å². The molecule has 6 heteroatoms. The lowest BCUT2D eigenvalue weighted by molar-refractivity contribution is -0.168. The van der Waals surface area contributed by atoms with Crippen molar-refractivity contribution in [3.8, 4) is 5.75 Å². The van der Waals surface area contributed by atoms with Crippen LogP contribution in [-0.4, -0.2) is 55.7 Å². The van der Waals surface area contributed by atoms with Gasteiger partial charge in [-0.05, 0) is 126 Å². The van der Waals surface area contributed by atoms with Gasteiger partial charge in [0, 0.05) is 24.4 Å². The van der Waals surface area contributed by atoms with Gasteiger partial charge < -0.3 is 25.5 Å². The second-order valence-electron chi connectivity index (χ2n) is 14.5. The molecule has 7 atom stereocenters. The Labute approximate surface area is 276 Å². The van der Waals surface area contributed by atoms with Crippen molar-refractivity contribution in [2.75, 3.05) is 6.61 Å². The predicted octanol–water partition coefficient (Wildman–Crippen LogP) is 7.07. The van der Waals surface area contributed by atoms with Crippen LogP contribution in [-0.2, 0) is 11.2 Å². The zero-order chi connectivity index (χ0) is 33.6. The smallest absolute Gasteiger partial charge is 0.162 e. The van der Waals surface area contributed by atoms with Crippen molar-refractivity contribution in [3.05, 3.63) is 88.6 Å². The average Bonchev–Trinajstić information content (AvgIpc) is 3.19. The van der Waals surface area contributed by atoms with Crippen LogP contribution in [0.4, 0.5) is 0 Å². The normalized spacial score (nSPS) is 33.2. The molecule has 0 saturated heterocycles. The molecule has 3 aliphatic carbocycles. The first-order valence-corrected chi connectivity index (χ1v) is 17.2. The number of Topliss-reactive ketones (excluding diaryl/α,β-unsaturated/α-hetero) is 1. The van der Waals surface area contributed by atoms with E-state index < -0.39 is 23.2 Å². The molecule has 1 spiro atoms. The van der Waals surface area contributed by atoms with Gasteiger partial charge in [0.25, 0.3) is 0 Å². The Morgan fingerprint density at radius 2 is 1.83 bits per heavy atom. The molecule has 5 N–H and O–H groups in total. The molecule has 7 unspecified atom stereocenters. The average molecular weight is 633 g/mol. The lowest BCUT2D eigenvalue weighted by Crippen LogP contribution is -2.59. The Morgan fingerprint density at radius 3 is 2.50 bits per heavy atom. The third-order valence-corrected chi connectivity index (χ3v) is 11.2. The van der Waals surface area contributed by atoms with Crippen LogP contribution >= 0.6 is 0 Å². The van der Waals surface area contributed by atoms with Gasteiger partial charge in [-0.2, -0.15) is 0 Å². The maximum Gasteiger partial charge on any atom is 0.162 e. The number of aromatic hydroxyl groups is 1. The molecule has 1 aromatic carbocycles. The van der Waals surface area contributed by atoms with Gasteiger partial charge in [0.1, 0.15) is 5.75 Å². The SMILES string of the molecule is C=C(C=CC=C1C(O)CCCC2CC3(C(CCCO)C(=C(C)C(=O)Cc4ccc(O)cc4)CCC3(C)O)C(O)C12)CCC=C(C)C. The number of hydrogen-bond acceptors (Lipinski definition) is 6. The maximum atomic E-state index is 13.7. The number of allylic oxidation sites excluding steroid dienone is 8. The first kappa shape index (κ1) is 36.1. The van der Waals surface area contributed by atoms with E-state index in [1.165, 1.54) is 5.57 Å². The van der Waals surface area contributed by atoms with Crippen molar-refractivity contribution in [2.24, 2.45) is 23.2 Å². The van der Waals surface area contributed by atoms with Crippen LogP contribution in [0, 0.1) is 23.2 Å².